The molecule has 5 heteroatoms. The molecule has 1 aromatic heterocycles. The van der Waals surface area contributed by atoms with Crippen molar-refractivity contribution in [3.63, 3.8) is 0 Å². The van der Waals surface area contributed by atoms with Gasteiger partial charge in [0.2, 0.25) is 0 Å². The Labute approximate surface area is 109 Å². The minimum Gasteiger partial charge on any atom is -0.382 e. The zero-order valence-corrected chi connectivity index (χ0v) is 11.4. The Morgan fingerprint density at radius 1 is 1.39 bits per heavy atom. The van der Waals surface area contributed by atoms with Crippen LogP contribution in [0.4, 0.5) is 5.82 Å². The van der Waals surface area contributed by atoms with E-state index in [1.165, 1.54) is 0 Å². The zero-order valence-electron chi connectivity index (χ0n) is 11.4. The molecule has 0 aliphatic carbocycles. The van der Waals surface area contributed by atoms with Gasteiger partial charge in [-0.3, -0.25) is 0 Å². The highest BCUT2D eigenvalue weighted by Gasteiger charge is 2.08. The average molecular weight is 253 g/mol. The van der Waals surface area contributed by atoms with Crippen LogP contribution in [0, 0.1) is 0 Å². The van der Waals surface area contributed by atoms with Crippen LogP contribution in [0.25, 0.3) is 0 Å². The van der Waals surface area contributed by atoms with Crippen LogP contribution in [0.2, 0.25) is 0 Å². The molecular formula is C13H23N3O2. The summed E-state index contributed by atoms with van der Waals surface area (Å²) in [5, 5.41) is 6.60. The number of hydrogen-bond acceptors (Lipinski definition) is 5. The van der Waals surface area contributed by atoms with Crippen LogP contribution in [-0.4, -0.2) is 45.0 Å². The van der Waals surface area contributed by atoms with Gasteiger partial charge < -0.3 is 20.1 Å². The van der Waals surface area contributed by atoms with Gasteiger partial charge in [-0.15, -0.1) is 0 Å². The summed E-state index contributed by atoms with van der Waals surface area (Å²) in [6.07, 6.45) is 1.82. The predicted molar refractivity (Wildman–Crippen MR) is 72.8 cm³/mol. The molecule has 0 aliphatic heterocycles. The summed E-state index contributed by atoms with van der Waals surface area (Å²) in [7, 11) is 3.35. The lowest BCUT2D eigenvalue weighted by molar-refractivity contribution is 0.0365. The molecule has 0 spiro atoms. The van der Waals surface area contributed by atoms with Gasteiger partial charge in [0.15, 0.2) is 0 Å². The highest BCUT2D eigenvalue weighted by atomic mass is 16.5. The number of pyridine rings is 1. The molecular weight excluding hydrogens is 230 g/mol. The van der Waals surface area contributed by atoms with Crippen molar-refractivity contribution in [2.45, 2.75) is 19.6 Å². The normalized spacial score (nSPS) is 12.4. The summed E-state index contributed by atoms with van der Waals surface area (Å²) in [5.41, 5.74) is 1.16. The number of hydrogen-bond donors (Lipinski definition) is 2. The van der Waals surface area contributed by atoms with E-state index in [1.807, 2.05) is 6.07 Å². The Balaban J connectivity index is 2.54. The summed E-state index contributed by atoms with van der Waals surface area (Å²) in [5.74, 6) is 0.900. The first kappa shape index (κ1) is 14.9. The molecule has 102 valence electrons. The lowest BCUT2D eigenvalue weighted by Gasteiger charge is -2.17. The third-order valence-corrected chi connectivity index (χ3v) is 2.64. The lowest BCUT2D eigenvalue weighted by Crippen LogP contribution is -2.27. The van der Waals surface area contributed by atoms with E-state index >= 15 is 0 Å². The van der Waals surface area contributed by atoms with Crippen molar-refractivity contribution in [2.75, 3.05) is 39.2 Å². The molecule has 0 radical (unpaired) electrons. The van der Waals surface area contributed by atoms with Crippen LogP contribution in [-0.2, 0) is 16.0 Å². The quantitative estimate of drug-likeness (QED) is 0.694. The molecule has 5 nitrogen and oxygen atoms in total. The minimum absolute atomic E-state index is 0.0315. The number of anilines is 1. The second-order valence-electron chi connectivity index (χ2n) is 3.99. The number of nitrogens with zero attached hydrogens (tertiary/aromatic N) is 1. The van der Waals surface area contributed by atoms with E-state index < -0.39 is 0 Å². The maximum atomic E-state index is 5.30. The number of methoxy groups -OCH3 is 2. The maximum absolute atomic E-state index is 5.30. The fraction of sp³-hybridized carbons (Fsp3) is 0.615. The number of ether oxygens (including phenoxy) is 2. The Morgan fingerprint density at radius 3 is 2.89 bits per heavy atom. The fourth-order valence-electron chi connectivity index (χ4n) is 1.61. The summed E-state index contributed by atoms with van der Waals surface area (Å²) < 4.78 is 10.4. The van der Waals surface area contributed by atoms with Gasteiger partial charge in [0, 0.05) is 39.1 Å². The zero-order chi connectivity index (χ0) is 13.2. The number of nitrogens with one attached hydrogen (secondary N) is 2. The van der Waals surface area contributed by atoms with Crippen LogP contribution in [0.5, 0.6) is 0 Å². The maximum Gasteiger partial charge on any atom is 0.130 e. The van der Waals surface area contributed by atoms with E-state index in [9.17, 15) is 0 Å². The molecule has 1 rings (SSSR count). The van der Waals surface area contributed by atoms with E-state index in [4.69, 9.17) is 9.47 Å². The largest absolute Gasteiger partial charge is 0.382 e. The van der Waals surface area contributed by atoms with Gasteiger partial charge in [0.05, 0.1) is 12.7 Å². The Bertz CT molecular complexity index is 334. The smallest absolute Gasteiger partial charge is 0.130 e. The van der Waals surface area contributed by atoms with Crippen molar-refractivity contribution in [3.05, 3.63) is 23.9 Å². The van der Waals surface area contributed by atoms with Crippen molar-refractivity contribution in [1.29, 1.82) is 0 Å². The first-order valence-corrected chi connectivity index (χ1v) is 6.22. The molecule has 0 fully saturated rings. The molecule has 1 aromatic rings. The van der Waals surface area contributed by atoms with Crippen molar-refractivity contribution >= 4 is 5.82 Å². The van der Waals surface area contributed by atoms with Crippen LogP contribution >= 0.6 is 0 Å². The minimum atomic E-state index is 0.0315. The SMILES string of the molecule is CCNCc1cccnc1NCC(COC)OC. The Hall–Kier alpha value is -1.17. The van der Waals surface area contributed by atoms with E-state index in [0.717, 1.165) is 24.5 Å². The second-order valence-corrected chi connectivity index (χ2v) is 3.99. The Kier molecular flexibility index (Phi) is 7.32. The standard InChI is InChI=1S/C13H23N3O2/c1-4-14-8-11-6-5-7-15-13(11)16-9-12(18-3)10-17-2/h5-7,12,14H,4,8-10H2,1-3H3,(H,15,16). The van der Waals surface area contributed by atoms with Gasteiger partial charge in [-0.05, 0) is 12.6 Å². The van der Waals surface area contributed by atoms with Gasteiger partial charge in [-0.2, -0.15) is 0 Å². The van der Waals surface area contributed by atoms with E-state index in [1.54, 1.807) is 20.4 Å². The first-order valence-electron chi connectivity index (χ1n) is 6.22. The summed E-state index contributed by atoms with van der Waals surface area (Å²) in [6.45, 7) is 5.09. The average Bonchev–Trinajstić information content (AvgIpc) is 2.42. The molecule has 1 atom stereocenters. The van der Waals surface area contributed by atoms with E-state index in [2.05, 4.69) is 28.6 Å². The van der Waals surface area contributed by atoms with Gasteiger partial charge in [-0.25, -0.2) is 4.98 Å². The second kappa shape index (κ2) is 8.85. The highest BCUT2D eigenvalue weighted by Crippen LogP contribution is 2.11. The lowest BCUT2D eigenvalue weighted by atomic mass is 10.2. The third-order valence-electron chi connectivity index (χ3n) is 2.64. The molecule has 2 N–H and O–H groups in total. The topological polar surface area (TPSA) is 55.4 Å². The van der Waals surface area contributed by atoms with E-state index in [-0.39, 0.29) is 6.10 Å². The molecule has 0 saturated carbocycles. The molecule has 1 unspecified atom stereocenters. The molecule has 0 saturated heterocycles. The van der Waals surface area contributed by atoms with Gasteiger partial charge in [0.1, 0.15) is 5.82 Å². The highest BCUT2D eigenvalue weighted by molar-refractivity contribution is 5.43. The van der Waals surface area contributed by atoms with Crippen molar-refractivity contribution in [3.8, 4) is 0 Å². The van der Waals surface area contributed by atoms with Gasteiger partial charge >= 0.3 is 0 Å². The van der Waals surface area contributed by atoms with Crippen LogP contribution in [0.3, 0.4) is 0 Å². The van der Waals surface area contributed by atoms with Crippen LogP contribution in [0.1, 0.15) is 12.5 Å². The molecule has 0 aromatic carbocycles. The monoisotopic (exact) mass is 253 g/mol. The number of rotatable bonds is 9. The van der Waals surface area contributed by atoms with Crippen LogP contribution in [0.15, 0.2) is 18.3 Å². The first-order chi connectivity index (χ1) is 8.81. The summed E-state index contributed by atoms with van der Waals surface area (Å²) in [4.78, 5) is 4.35. The predicted octanol–water partition coefficient (Wildman–Crippen LogP) is 1.26. The van der Waals surface area contributed by atoms with Crippen molar-refractivity contribution < 1.29 is 9.47 Å². The molecule has 18 heavy (non-hydrogen) atoms. The molecule has 0 bridgehead atoms. The number of aromatic nitrogens is 1. The molecule has 1 heterocycles. The van der Waals surface area contributed by atoms with E-state index in [0.29, 0.717) is 13.2 Å². The molecule has 0 aliphatic rings. The van der Waals surface area contributed by atoms with Crippen molar-refractivity contribution in [1.82, 2.24) is 10.3 Å². The summed E-state index contributed by atoms with van der Waals surface area (Å²) >= 11 is 0. The Morgan fingerprint density at radius 2 is 2.22 bits per heavy atom. The fourth-order valence-corrected chi connectivity index (χ4v) is 1.61. The summed E-state index contributed by atoms with van der Waals surface area (Å²) in [6, 6.07) is 4.01. The van der Waals surface area contributed by atoms with Crippen molar-refractivity contribution in [2.24, 2.45) is 0 Å². The molecule has 0 amide bonds. The van der Waals surface area contributed by atoms with Crippen LogP contribution < -0.4 is 10.6 Å². The third kappa shape index (κ3) is 5.00. The van der Waals surface area contributed by atoms with Gasteiger partial charge in [0.25, 0.3) is 0 Å². The van der Waals surface area contributed by atoms with Gasteiger partial charge in [-0.1, -0.05) is 13.0 Å².